The first kappa shape index (κ1) is 21.5. The highest BCUT2D eigenvalue weighted by molar-refractivity contribution is 7.99. The summed E-state index contributed by atoms with van der Waals surface area (Å²) in [5.41, 5.74) is 0. The number of hydrogen-bond donors (Lipinski definition) is 0. The predicted molar refractivity (Wildman–Crippen MR) is 104 cm³/mol. The third-order valence-corrected chi connectivity index (χ3v) is 4.80. The van der Waals surface area contributed by atoms with Crippen molar-refractivity contribution in [3.8, 4) is 5.75 Å². The molecule has 0 atom stereocenters. The number of aromatic nitrogens is 3. The molecule has 0 saturated carbocycles. The molecule has 29 heavy (non-hydrogen) atoms. The SMILES string of the molecule is CCSc1nnc(C(F)(F)F)n1N=Cc1ccc(COc2c(Cl)cccc2Cl)o1. The zero-order valence-corrected chi connectivity index (χ0v) is 17.1. The average Bonchev–Trinajstić information content (AvgIpc) is 3.26. The van der Waals surface area contributed by atoms with Gasteiger partial charge in [0.25, 0.3) is 5.82 Å². The number of thioether (sulfide) groups is 1. The number of alkyl halides is 3. The number of nitrogens with zero attached hydrogens (tertiary/aromatic N) is 4. The molecule has 0 spiro atoms. The van der Waals surface area contributed by atoms with Crippen molar-refractivity contribution in [3.63, 3.8) is 0 Å². The summed E-state index contributed by atoms with van der Waals surface area (Å²) in [6.45, 7) is 1.80. The highest BCUT2D eigenvalue weighted by Gasteiger charge is 2.38. The van der Waals surface area contributed by atoms with Gasteiger partial charge in [0.2, 0.25) is 5.16 Å². The molecule has 0 radical (unpaired) electrons. The van der Waals surface area contributed by atoms with Crippen LogP contribution in [0, 0.1) is 0 Å². The highest BCUT2D eigenvalue weighted by Crippen LogP contribution is 2.33. The van der Waals surface area contributed by atoms with Crippen LogP contribution in [0.25, 0.3) is 0 Å². The van der Waals surface area contributed by atoms with Crippen molar-refractivity contribution in [3.05, 3.63) is 57.7 Å². The summed E-state index contributed by atoms with van der Waals surface area (Å²) in [6.07, 6.45) is -3.54. The van der Waals surface area contributed by atoms with Gasteiger partial charge in [0.15, 0.2) is 5.75 Å². The lowest BCUT2D eigenvalue weighted by Crippen LogP contribution is -2.13. The standard InChI is InChI=1S/C17H13Cl2F3N4O2S/c1-2-29-16-25-24-15(17(20,21)22)26(16)23-8-10-6-7-11(28-10)9-27-14-12(18)4-3-5-13(14)19/h3-8H,2,9H2,1H3. The van der Waals surface area contributed by atoms with Gasteiger partial charge in [0.1, 0.15) is 18.1 Å². The maximum absolute atomic E-state index is 13.1. The van der Waals surface area contributed by atoms with Crippen molar-refractivity contribution in [1.29, 1.82) is 0 Å². The Balaban J connectivity index is 1.75. The molecule has 0 saturated heterocycles. The summed E-state index contributed by atoms with van der Waals surface area (Å²) < 4.78 is 51.0. The lowest BCUT2D eigenvalue weighted by Gasteiger charge is -2.08. The number of para-hydroxylation sites is 1. The van der Waals surface area contributed by atoms with Gasteiger partial charge in [0.05, 0.1) is 16.3 Å². The molecule has 1 aromatic carbocycles. The second-order valence-corrected chi connectivity index (χ2v) is 7.48. The fourth-order valence-electron chi connectivity index (χ4n) is 2.19. The van der Waals surface area contributed by atoms with E-state index in [-0.39, 0.29) is 17.5 Å². The van der Waals surface area contributed by atoms with Crippen LogP contribution < -0.4 is 4.74 Å². The monoisotopic (exact) mass is 464 g/mol. The molecule has 12 heteroatoms. The van der Waals surface area contributed by atoms with Crippen LogP contribution in [0.3, 0.4) is 0 Å². The molecule has 3 rings (SSSR count). The predicted octanol–water partition coefficient (Wildman–Crippen LogP) is 5.77. The Morgan fingerprint density at radius 3 is 2.59 bits per heavy atom. The average molecular weight is 465 g/mol. The van der Waals surface area contributed by atoms with Gasteiger partial charge < -0.3 is 9.15 Å². The quantitative estimate of drug-likeness (QED) is 0.328. The Hall–Kier alpha value is -2.17. The number of furan rings is 1. The molecule has 0 aliphatic heterocycles. The number of rotatable bonds is 7. The van der Waals surface area contributed by atoms with Crippen LogP contribution in [0.1, 0.15) is 24.3 Å². The topological polar surface area (TPSA) is 65.4 Å². The summed E-state index contributed by atoms with van der Waals surface area (Å²) in [5.74, 6) is 0.239. The smallest absolute Gasteiger partial charge is 0.453 e. The minimum atomic E-state index is -4.69. The lowest BCUT2D eigenvalue weighted by atomic mass is 10.3. The first-order valence-corrected chi connectivity index (χ1v) is 9.89. The van der Waals surface area contributed by atoms with Gasteiger partial charge >= 0.3 is 6.18 Å². The number of benzene rings is 1. The van der Waals surface area contributed by atoms with Crippen LogP contribution in [0.4, 0.5) is 13.2 Å². The van der Waals surface area contributed by atoms with Gasteiger partial charge in [-0.15, -0.1) is 10.2 Å². The maximum Gasteiger partial charge on any atom is 0.453 e. The molecule has 2 aromatic heterocycles. The van der Waals surface area contributed by atoms with Crippen LogP contribution in [0.2, 0.25) is 10.0 Å². The van der Waals surface area contributed by atoms with Crippen LogP contribution in [0.5, 0.6) is 5.75 Å². The molecule has 0 unspecified atom stereocenters. The van der Waals surface area contributed by atoms with Gasteiger partial charge in [-0.2, -0.15) is 22.9 Å². The van der Waals surface area contributed by atoms with Crippen LogP contribution in [0.15, 0.2) is 45.0 Å². The molecule has 3 aromatic rings. The normalized spacial score (nSPS) is 12.1. The van der Waals surface area contributed by atoms with Crippen LogP contribution in [-0.2, 0) is 12.8 Å². The van der Waals surface area contributed by atoms with E-state index in [0.717, 1.165) is 18.0 Å². The number of hydrogen-bond acceptors (Lipinski definition) is 6. The van der Waals surface area contributed by atoms with E-state index < -0.39 is 12.0 Å². The number of halogens is 5. The third-order valence-electron chi connectivity index (χ3n) is 3.40. The Kier molecular flexibility index (Phi) is 6.76. The highest BCUT2D eigenvalue weighted by atomic mass is 35.5. The second-order valence-electron chi connectivity index (χ2n) is 5.44. The van der Waals surface area contributed by atoms with E-state index >= 15 is 0 Å². The lowest BCUT2D eigenvalue weighted by molar-refractivity contribution is -0.147. The van der Waals surface area contributed by atoms with Gasteiger partial charge in [0, 0.05) is 0 Å². The minimum Gasteiger partial charge on any atom is -0.483 e. The van der Waals surface area contributed by atoms with Crippen molar-refractivity contribution >= 4 is 41.2 Å². The van der Waals surface area contributed by atoms with Crippen molar-refractivity contribution in [2.24, 2.45) is 5.10 Å². The summed E-state index contributed by atoms with van der Waals surface area (Å²) in [6, 6.07) is 8.09. The van der Waals surface area contributed by atoms with E-state index in [4.69, 9.17) is 32.4 Å². The maximum atomic E-state index is 13.1. The largest absolute Gasteiger partial charge is 0.483 e. The zero-order valence-electron chi connectivity index (χ0n) is 14.8. The molecule has 0 aliphatic rings. The molecule has 0 aliphatic carbocycles. The Bertz CT molecular complexity index is 1000. The summed E-state index contributed by atoms with van der Waals surface area (Å²) in [5, 5.41) is 11.3. The first-order valence-electron chi connectivity index (χ1n) is 8.15. The molecule has 6 nitrogen and oxygen atoms in total. The third kappa shape index (κ3) is 5.26. The molecular formula is C17H13Cl2F3N4O2S. The van der Waals surface area contributed by atoms with Crippen molar-refractivity contribution < 1.29 is 22.3 Å². The van der Waals surface area contributed by atoms with E-state index in [9.17, 15) is 13.2 Å². The molecule has 2 heterocycles. The van der Waals surface area contributed by atoms with Gasteiger partial charge in [-0.3, -0.25) is 0 Å². The molecular weight excluding hydrogens is 452 g/mol. The molecule has 0 amide bonds. The van der Waals surface area contributed by atoms with Crippen molar-refractivity contribution in [2.75, 3.05) is 5.75 Å². The second kappa shape index (κ2) is 9.10. The molecule has 0 N–H and O–H groups in total. The fraction of sp³-hybridized carbons (Fsp3) is 0.235. The first-order chi connectivity index (χ1) is 13.8. The molecule has 0 bridgehead atoms. The van der Waals surface area contributed by atoms with Gasteiger partial charge in [-0.1, -0.05) is 48.0 Å². The Labute approximate surface area is 177 Å². The van der Waals surface area contributed by atoms with Crippen LogP contribution >= 0.6 is 35.0 Å². The van der Waals surface area contributed by atoms with E-state index in [0.29, 0.717) is 32.0 Å². The van der Waals surface area contributed by atoms with E-state index in [1.165, 1.54) is 0 Å². The van der Waals surface area contributed by atoms with E-state index in [2.05, 4.69) is 15.3 Å². The van der Waals surface area contributed by atoms with E-state index in [1.807, 2.05) is 0 Å². The Morgan fingerprint density at radius 2 is 1.93 bits per heavy atom. The zero-order chi connectivity index (χ0) is 21.0. The van der Waals surface area contributed by atoms with Crippen molar-refractivity contribution in [1.82, 2.24) is 14.9 Å². The van der Waals surface area contributed by atoms with E-state index in [1.54, 1.807) is 37.3 Å². The summed E-state index contributed by atoms with van der Waals surface area (Å²) in [7, 11) is 0. The van der Waals surface area contributed by atoms with Gasteiger partial charge in [-0.25, -0.2) is 0 Å². The minimum absolute atomic E-state index is 0.0225. The van der Waals surface area contributed by atoms with Crippen molar-refractivity contribution in [2.45, 2.75) is 24.9 Å². The fourth-order valence-corrected chi connectivity index (χ4v) is 3.30. The van der Waals surface area contributed by atoms with Crippen LogP contribution in [-0.4, -0.2) is 26.8 Å². The summed E-state index contributed by atoms with van der Waals surface area (Å²) in [4.78, 5) is 0. The Morgan fingerprint density at radius 1 is 1.21 bits per heavy atom. The number of ether oxygens (including phenoxy) is 1. The molecule has 0 fully saturated rings. The molecule has 154 valence electrons. The summed E-state index contributed by atoms with van der Waals surface area (Å²) >= 11 is 13.1. The van der Waals surface area contributed by atoms with Gasteiger partial charge in [-0.05, 0) is 30.0 Å².